The number of rotatable bonds is 4. The summed E-state index contributed by atoms with van der Waals surface area (Å²) in [7, 11) is 1.63. The van der Waals surface area contributed by atoms with Crippen molar-refractivity contribution >= 4 is 5.88 Å². The van der Waals surface area contributed by atoms with Crippen molar-refractivity contribution in [3.05, 3.63) is 30.0 Å². The molecule has 100 valence electrons. The first-order chi connectivity index (χ1) is 9.19. The molecular weight excluding hydrogens is 242 g/mol. The Balaban J connectivity index is 2.05. The van der Waals surface area contributed by atoms with Gasteiger partial charge in [0.05, 0.1) is 12.7 Å². The normalized spacial score (nSPS) is 14.4. The fourth-order valence-electron chi connectivity index (χ4n) is 2.10. The van der Waals surface area contributed by atoms with Gasteiger partial charge in [-0.15, -0.1) is 0 Å². The molecule has 0 radical (unpaired) electrons. The van der Waals surface area contributed by atoms with Gasteiger partial charge >= 0.3 is 0 Å². The minimum Gasteiger partial charge on any atom is -0.504 e. The van der Waals surface area contributed by atoms with E-state index in [-0.39, 0.29) is 5.75 Å². The maximum absolute atomic E-state index is 10.2. The standard InChI is InChI=1S/C15H17NO3/c1-9-14(17)13(15(19-9)16-11-6-7-11)10-4-3-5-12(8-10)18-2/h3-5,8,11,16-17H,6-7H2,1-2H3. The van der Waals surface area contributed by atoms with Crippen LogP contribution in [0.1, 0.15) is 18.6 Å². The predicted octanol–water partition coefficient (Wildman–Crippen LogP) is 3.54. The highest BCUT2D eigenvalue weighted by Crippen LogP contribution is 2.43. The molecule has 1 aromatic heterocycles. The predicted molar refractivity (Wildman–Crippen MR) is 73.7 cm³/mol. The molecule has 1 aliphatic carbocycles. The largest absolute Gasteiger partial charge is 0.504 e. The third-order valence-corrected chi connectivity index (χ3v) is 3.32. The molecule has 0 saturated heterocycles. The molecule has 1 aliphatic rings. The van der Waals surface area contributed by atoms with Gasteiger partial charge in [0.1, 0.15) is 11.5 Å². The number of aryl methyl sites for hydroxylation is 1. The van der Waals surface area contributed by atoms with Gasteiger partial charge in [-0.1, -0.05) is 12.1 Å². The molecule has 0 aliphatic heterocycles. The van der Waals surface area contributed by atoms with Crippen molar-refractivity contribution in [3.63, 3.8) is 0 Å². The third kappa shape index (κ3) is 2.26. The Morgan fingerprint density at radius 3 is 2.84 bits per heavy atom. The molecule has 1 heterocycles. The first kappa shape index (κ1) is 12.0. The van der Waals surface area contributed by atoms with E-state index in [9.17, 15) is 5.11 Å². The van der Waals surface area contributed by atoms with Crippen LogP contribution in [0.25, 0.3) is 11.1 Å². The zero-order chi connectivity index (χ0) is 13.4. The van der Waals surface area contributed by atoms with Gasteiger partial charge < -0.3 is 19.6 Å². The summed E-state index contributed by atoms with van der Waals surface area (Å²) < 4.78 is 10.8. The third-order valence-electron chi connectivity index (χ3n) is 3.32. The monoisotopic (exact) mass is 259 g/mol. The quantitative estimate of drug-likeness (QED) is 0.881. The van der Waals surface area contributed by atoms with Crippen LogP contribution < -0.4 is 10.1 Å². The highest BCUT2D eigenvalue weighted by atomic mass is 16.5. The van der Waals surface area contributed by atoms with Crippen LogP contribution in [0.3, 0.4) is 0 Å². The van der Waals surface area contributed by atoms with Gasteiger partial charge in [-0.2, -0.15) is 0 Å². The lowest BCUT2D eigenvalue weighted by Gasteiger charge is -2.06. The van der Waals surface area contributed by atoms with Crippen LogP contribution in [0.4, 0.5) is 5.88 Å². The smallest absolute Gasteiger partial charge is 0.205 e. The van der Waals surface area contributed by atoms with E-state index in [1.54, 1.807) is 14.0 Å². The Kier molecular flexibility index (Phi) is 2.85. The molecule has 4 nitrogen and oxygen atoms in total. The van der Waals surface area contributed by atoms with Crippen molar-refractivity contribution in [2.45, 2.75) is 25.8 Å². The van der Waals surface area contributed by atoms with Gasteiger partial charge in [0.15, 0.2) is 5.75 Å². The van der Waals surface area contributed by atoms with Gasteiger partial charge in [0.25, 0.3) is 0 Å². The zero-order valence-corrected chi connectivity index (χ0v) is 11.1. The maximum Gasteiger partial charge on any atom is 0.205 e. The van der Waals surface area contributed by atoms with E-state index in [2.05, 4.69) is 5.32 Å². The fraction of sp³-hybridized carbons (Fsp3) is 0.333. The number of benzene rings is 1. The minimum absolute atomic E-state index is 0.191. The van der Waals surface area contributed by atoms with E-state index in [1.165, 1.54) is 0 Å². The lowest BCUT2D eigenvalue weighted by atomic mass is 10.1. The van der Waals surface area contributed by atoms with Crippen LogP contribution in [0, 0.1) is 6.92 Å². The molecule has 1 fully saturated rings. The van der Waals surface area contributed by atoms with Crippen molar-refractivity contribution in [2.24, 2.45) is 0 Å². The molecule has 4 heteroatoms. The SMILES string of the molecule is COc1cccc(-c2c(NC3CC3)oc(C)c2O)c1. The lowest BCUT2D eigenvalue weighted by molar-refractivity contribution is 0.415. The van der Waals surface area contributed by atoms with E-state index in [4.69, 9.17) is 9.15 Å². The second-order valence-corrected chi connectivity index (χ2v) is 4.86. The fourth-order valence-corrected chi connectivity index (χ4v) is 2.10. The Labute approximate surface area is 112 Å². The second kappa shape index (κ2) is 4.53. The van der Waals surface area contributed by atoms with Crippen molar-refractivity contribution in [1.29, 1.82) is 0 Å². The van der Waals surface area contributed by atoms with Crippen LogP contribution in [0.2, 0.25) is 0 Å². The van der Waals surface area contributed by atoms with Crippen molar-refractivity contribution in [2.75, 3.05) is 12.4 Å². The van der Waals surface area contributed by atoms with E-state index >= 15 is 0 Å². The molecule has 0 bridgehead atoms. The van der Waals surface area contributed by atoms with Crippen LogP contribution in [-0.2, 0) is 0 Å². The number of methoxy groups -OCH3 is 1. The summed E-state index contributed by atoms with van der Waals surface area (Å²) in [5.74, 6) is 2.12. The van der Waals surface area contributed by atoms with Gasteiger partial charge in [0, 0.05) is 6.04 Å². The molecule has 2 aromatic rings. The second-order valence-electron chi connectivity index (χ2n) is 4.86. The van der Waals surface area contributed by atoms with Crippen LogP contribution in [-0.4, -0.2) is 18.3 Å². The van der Waals surface area contributed by atoms with Crippen LogP contribution in [0.15, 0.2) is 28.7 Å². The Morgan fingerprint density at radius 1 is 1.37 bits per heavy atom. The zero-order valence-electron chi connectivity index (χ0n) is 11.1. The molecule has 1 saturated carbocycles. The molecule has 3 rings (SSSR count). The van der Waals surface area contributed by atoms with Crippen molar-refractivity contribution < 1.29 is 14.3 Å². The van der Waals surface area contributed by atoms with Crippen molar-refractivity contribution in [1.82, 2.24) is 0 Å². The molecule has 19 heavy (non-hydrogen) atoms. The number of nitrogens with one attached hydrogen (secondary N) is 1. The summed E-state index contributed by atoms with van der Waals surface area (Å²) >= 11 is 0. The van der Waals surface area contributed by atoms with E-state index in [0.29, 0.717) is 23.2 Å². The molecular formula is C15H17NO3. The number of hydrogen-bond donors (Lipinski definition) is 2. The summed E-state index contributed by atoms with van der Waals surface area (Å²) in [4.78, 5) is 0. The van der Waals surface area contributed by atoms with Gasteiger partial charge in [-0.25, -0.2) is 0 Å². The van der Waals surface area contributed by atoms with E-state index < -0.39 is 0 Å². The number of ether oxygens (including phenoxy) is 1. The number of aromatic hydroxyl groups is 1. The van der Waals surface area contributed by atoms with Gasteiger partial charge in [-0.3, -0.25) is 0 Å². The minimum atomic E-state index is 0.191. The Hall–Kier alpha value is -2.10. The molecule has 0 amide bonds. The van der Waals surface area contributed by atoms with Gasteiger partial charge in [-0.05, 0) is 37.5 Å². The molecule has 0 spiro atoms. The van der Waals surface area contributed by atoms with E-state index in [1.807, 2.05) is 24.3 Å². The topological polar surface area (TPSA) is 54.6 Å². The molecule has 0 atom stereocenters. The number of furan rings is 1. The highest BCUT2D eigenvalue weighted by molar-refractivity contribution is 5.82. The van der Waals surface area contributed by atoms with Crippen LogP contribution >= 0.6 is 0 Å². The molecule has 0 unspecified atom stereocenters. The van der Waals surface area contributed by atoms with Crippen molar-refractivity contribution in [3.8, 4) is 22.6 Å². The van der Waals surface area contributed by atoms with Crippen LogP contribution in [0.5, 0.6) is 11.5 Å². The first-order valence-electron chi connectivity index (χ1n) is 6.42. The number of hydrogen-bond acceptors (Lipinski definition) is 4. The Bertz CT molecular complexity index is 599. The molecule has 1 aromatic carbocycles. The number of anilines is 1. The average molecular weight is 259 g/mol. The summed E-state index contributed by atoms with van der Waals surface area (Å²) in [6.07, 6.45) is 2.30. The lowest BCUT2D eigenvalue weighted by Crippen LogP contribution is -2.00. The van der Waals surface area contributed by atoms with E-state index in [0.717, 1.165) is 24.2 Å². The average Bonchev–Trinajstić information content (AvgIpc) is 3.18. The summed E-state index contributed by atoms with van der Waals surface area (Å²) in [6.45, 7) is 1.76. The summed E-state index contributed by atoms with van der Waals surface area (Å²) in [5.41, 5.74) is 1.60. The summed E-state index contributed by atoms with van der Waals surface area (Å²) in [6, 6.07) is 8.07. The highest BCUT2D eigenvalue weighted by Gasteiger charge is 2.26. The first-order valence-corrected chi connectivity index (χ1v) is 6.42. The maximum atomic E-state index is 10.2. The Morgan fingerprint density at radius 2 is 2.16 bits per heavy atom. The summed E-state index contributed by atoms with van der Waals surface area (Å²) in [5, 5.41) is 13.5. The van der Waals surface area contributed by atoms with Gasteiger partial charge in [0.2, 0.25) is 5.88 Å². The molecule has 2 N–H and O–H groups in total.